The number of nitrogens with one attached hydrogen (secondary N) is 1. The van der Waals surface area contributed by atoms with Crippen LogP contribution in [0.15, 0.2) is 59.5 Å². The molecular weight excluding hydrogens is 426 g/mol. The highest BCUT2D eigenvalue weighted by molar-refractivity contribution is 7.89. The quantitative estimate of drug-likeness (QED) is 0.665. The molecule has 162 valence electrons. The monoisotopic (exact) mass is 451 g/mol. The second-order valence-corrected chi connectivity index (χ2v) is 9.52. The lowest BCUT2D eigenvalue weighted by Crippen LogP contribution is -2.45. The van der Waals surface area contributed by atoms with E-state index in [1.165, 1.54) is 19.2 Å². The molecule has 0 aliphatic carbocycles. The molecule has 1 unspecified atom stereocenters. The fraction of sp³-hybridized carbons (Fsp3) is 0.381. The SMILES string of the molecule is CN(CC(=O)NCC(c1ccccc1Cl)N1CCOCC1)S(=O)(=O)c1ccccc1. The van der Waals surface area contributed by atoms with Crippen LogP contribution in [0.5, 0.6) is 0 Å². The average Bonchev–Trinajstić information content (AvgIpc) is 2.76. The van der Waals surface area contributed by atoms with Gasteiger partial charge in [0.05, 0.1) is 30.7 Å². The molecule has 1 atom stereocenters. The molecule has 7 nitrogen and oxygen atoms in total. The molecule has 9 heteroatoms. The number of carbonyl (C=O) groups excluding carboxylic acids is 1. The Kier molecular flexibility index (Phi) is 7.85. The van der Waals surface area contributed by atoms with E-state index in [1.807, 2.05) is 24.3 Å². The lowest BCUT2D eigenvalue weighted by Gasteiger charge is -2.35. The van der Waals surface area contributed by atoms with Crippen molar-refractivity contribution in [1.29, 1.82) is 0 Å². The minimum atomic E-state index is -3.73. The van der Waals surface area contributed by atoms with Crippen molar-refractivity contribution in [2.75, 3.05) is 46.4 Å². The molecule has 2 aromatic rings. The normalized spacial score (nSPS) is 16.4. The van der Waals surface area contributed by atoms with E-state index in [0.717, 1.165) is 23.0 Å². The molecule has 2 aromatic carbocycles. The molecule has 1 heterocycles. The number of hydrogen-bond acceptors (Lipinski definition) is 5. The van der Waals surface area contributed by atoms with Crippen LogP contribution >= 0.6 is 11.6 Å². The molecular formula is C21H26ClN3O4S. The maximum atomic E-state index is 12.6. The summed E-state index contributed by atoms with van der Waals surface area (Å²) >= 11 is 6.41. The molecule has 0 radical (unpaired) electrons. The van der Waals surface area contributed by atoms with Crippen LogP contribution in [0.3, 0.4) is 0 Å². The van der Waals surface area contributed by atoms with E-state index >= 15 is 0 Å². The first-order valence-corrected chi connectivity index (χ1v) is 11.6. The zero-order chi connectivity index (χ0) is 21.6. The van der Waals surface area contributed by atoms with Crippen LogP contribution in [0.4, 0.5) is 0 Å². The van der Waals surface area contributed by atoms with Gasteiger partial charge in [0.25, 0.3) is 0 Å². The number of ether oxygens (including phenoxy) is 1. The summed E-state index contributed by atoms with van der Waals surface area (Å²) in [6.45, 7) is 2.75. The summed E-state index contributed by atoms with van der Waals surface area (Å²) in [6.07, 6.45) is 0. The maximum absolute atomic E-state index is 12.6. The molecule has 3 rings (SSSR count). The van der Waals surface area contributed by atoms with Gasteiger partial charge in [-0.2, -0.15) is 4.31 Å². The average molecular weight is 452 g/mol. The van der Waals surface area contributed by atoms with Crippen molar-refractivity contribution < 1.29 is 17.9 Å². The van der Waals surface area contributed by atoms with Gasteiger partial charge in [-0.05, 0) is 23.8 Å². The summed E-state index contributed by atoms with van der Waals surface area (Å²) in [4.78, 5) is 14.9. The first kappa shape index (κ1) is 22.7. The van der Waals surface area contributed by atoms with E-state index in [9.17, 15) is 13.2 Å². The van der Waals surface area contributed by atoms with Crippen molar-refractivity contribution in [3.63, 3.8) is 0 Å². The van der Waals surface area contributed by atoms with Gasteiger partial charge in [-0.15, -0.1) is 0 Å². The van der Waals surface area contributed by atoms with Crippen molar-refractivity contribution in [3.8, 4) is 0 Å². The Labute approximate surface area is 182 Å². The van der Waals surface area contributed by atoms with Gasteiger partial charge in [-0.3, -0.25) is 9.69 Å². The standard InChI is InChI=1S/C21H26ClN3O4S/c1-24(30(27,28)17-7-3-2-4-8-17)16-21(26)23-15-20(25-11-13-29-14-12-25)18-9-5-6-10-19(18)22/h2-10,20H,11-16H2,1H3,(H,23,26). The van der Waals surface area contributed by atoms with E-state index < -0.39 is 10.0 Å². The molecule has 1 aliphatic rings. The Morgan fingerprint density at radius 2 is 1.77 bits per heavy atom. The molecule has 0 aromatic heterocycles. The number of halogens is 1. The van der Waals surface area contributed by atoms with Crippen LogP contribution in [0.25, 0.3) is 0 Å². The first-order valence-electron chi connectivity index (χ1n) is 9.74. The molecule has 0 bridgehead atoms. The summed E-state index contributed by atoms with van der Waals surface area (Å²) in [6, 6.07) is 15.5. The summed E-state index contributed by atoms with van der Waals surface area (Å²) in [7, 11) is -2.33. The third-order valence-corrected chi connectivity index (χ3v) is 7.22. The van der Waals surface area contributed by atoms with Crippen molar-refractivity contribution in [2.45, 2.75) is 10.9 Å². The van der Waals surface area contributed by atoms with Gasteiger partial charge >= 0.3 is 0 Å². The molecule has 0 saturated carbocycles. The number of amides is 1. The lowest BCUT2D eigenvalue weighted by atomic mass is 10.0. The van der Waals surface area contributed by atoms with E-state index in [0.29, 0.717) is 24.8 Å². The van der Waals surface area contributed by atoms with Crippen molar-refractivity contribution in [1.82, 2.24) is 14.5 Å². The summed E-state index contributed by atoms with van der Waals surface area (Å²) in [5.41, 5.74) is 0.923. The maximum Gasteiger partial charge on any atom is 0.243 e. The molecule has 1 saturated heterocycles. The number of sulfonamides is 1. The van der Waals surface area contributed by atoms with E-state index in [1.54, 1.807) is 18.2 Å². The molecule has 1 amide bonds. The fourth-order valence-electron chi connectivity index (χ4n) is 3.40. The van der Waals surface area contributed by atoms with Gasteiger partial charge < -0.3 is 10.1 Å². The smallest absolute Gasteiger partial charge is 0.243 e. The Morgan fingerprint density at radius 1 is 1.13 bits per heavy atom. The van der Waals surface area contributed by atoms with Crippen LogP contribution in [0, 0.1) is 0 Å². The van der Waals surface area contributed by atoms with Gasteiger partial charge in [0.1, 0.15) is 0 Å². The van der Waals surface area contributed by atoms with E-state index in [2.05, 4.69) is 10.2 Å². The fourth-order valence-corrected chi connectivity index (χ4v) is 4.81. The zero-order valence-electron chi connectivity index (χ0n) is 16.8. The van der Waals surface area contributed by atoms with Gasteiger partial charge in [-0.25, -0.2) is 8.42 Å². The van der Waals surface area contributed by atoms with Crippen molar-refractivity contribution >= 4 is 27.5 Å². The second-order valence-electron chi connectivity index (χ2n) is 7.06. The highest BCUT2D eigenvalue weighted by Gasteiger charge is 2.26. The molecule has 30 heavy (non-hydrogen) atoms. The van der Waals surface area contributed by atoms with E-state index in [4.69, 9.17) is 16.3 Å². The van der Waals surface area contributed by atoms with Crippen LogP contribution in [-0.4, -0.2) is 70.0 Å². The number of carbonyl (C=O) groups is 1. The van der Waals surface area contributed by atoms with Gasteiger partial charge in [0.2, 0.25) is 15.9 Å². The van der Waals surface area contributed by atoms with E-state index in [-0.39, 0.29) is 23.4 Å². The number of likely N-dealkylation sites (N-methyl/N-ethyl adjacent to an activating group) is 1. The van der Waals surface area contributed by atoms with Crippen LogP contribution < -0.4 is 5.32 Å². The number of rotatable bonds is 8. The number of benzene rings is 2. The number of hydrogen-bond donors (Lipinski definition) is 1. The molecule has 1 fully saturated rings. The minimum absolute atomic E-state index is 0.123. The molecule has 1 aliphatic heterocycles. The van der Waals surface area contributed by atoms with Crippen molar-refractivity contribution in [3.05, 3.63) is 65.2 Å². The van der Waals surface area contributed by atoms with Crippen LogP contribution in [-0.2, 0) is 19.6 Å². The van der Waals surface area contributed by atoms with Crippen LogP contribution in [0.1, 0.15) is 11.6 Å². The highest BCUT2D eigenvalue weighted by Crippen LogP contribution is 2.27. The Balaban J connectivity index is 1.66. The Bertz CT molecular complexity index is 950. The Morgan fingerprint density at radius 3 is 2.43 bits per heavy atom. The van der Waals surface area contributed by atoms with Gasteiger partial charge in [0, 0.05) is 31.7 Å². The lowest BCUT2D eigenvalue weighted by molar-refractivity contribution is -0.121. The largest absolute Gasteiger partial charge is 0.379 e. The number of nitrogens with zero attached hydrogens (tertiary/aromatic N) is 2. The zero-order valence-corrected chi connectivity index (χ0v) is 18.4. The van der Waals surface area contributed by atoms with Crippen molar-refractivity contribution in [2.24, 2.45) is 0 Å². The second kappa shape index (κ2) is 10.4. The number of morpholine rings is 1. The first-order chi connectivity index (χ1) is 14.4. The summed E-state index contributed by atoms with van der Waals surface area (Å²) in [5.74, 6) is -0.373. The predicted octanol–water partition coefficient (Wildman–Crippen LogP) is 2.15. The van der Waals surface area contributed by atoms with Gasteiger partial charge in [-0.1, -0.05) is 48.0 Å². The third kappa shape index (κ3) is 5.59. The molecule has 0 spiro atoms. The Hall–Kier alpha value is -1.97. The van der Waals surface area contributed by atoms with Crippen LogP contribution in [0.2, 0.25) is 5.02 Å². The topological polar surface area (TPSA) is 79.0 Å². The minimum Gasteiger partial charge on any atom is -0.379 e. The summed E-state index contributed by atoms with van der Waals surface area (Å²) in [5, 5.41) is 3.51. The van der Waals surface area contributed by atoms with Gasteiger partial charge in [0.15, 0.2) is 0 Å². The summed E-state index contributed by atoms with van der Waals surface area (Å²) < 4.78 is 31.7. The highest BCUT2D eigenvalue weighted by atomic mass is 35.5. The predicted molar refractivity (Wildman–Crippen MR) is 116 cm³/mol. The third-order valence-electron chi connectivity index (χ3n) is 5.06. The molecule has 1 N–H and O–H groups in total.